The van der Waals surface area contributed by atoms with Crippen molar-refractivity contribution in [2.75, 3.05) is 10.8 Å². The van der Waals surface area contributed by atoms with E-state index in [1.165, 1.54) is 24.3 Å². The van der Waals surface area contributed by atoms with E-state index in [-0.39, 0.29) is 10.6 Å². The van der Waals surface area contributed by atoms with Gasteiger partial charge in [-0.2, -0.15) is 5.10 Å². The fourth-order valence-corrected chi connectivity index (χ4v) is 4.51. The number of benzene rings is 3. The summed E-state index contributed by atoms with van der Waals surface area (Å²) < 4.78 is 41.8. The summed E-state index contributed by atoms with van der Waals surface area (Å²) in [6.45, 7) is 3.04. The fraction of sp³-hybridized carbons (Fsp3) is 0.130. The summed E-state index contributed by atoms with van der Waals surface area (Å²) in [7, 11) is -4.08. The molecule has 9 heteroatoms. The van der Waals surface area contributed by atoms with Crippen molar-refractivity contribution in [3.63, 3.8) is 0 Å². The lowest BCUT2D eigenvalue weighted by Crippen LogP contribution is -2.39. The SMILES string of the molecule is C/C(=N/NC(=O)CN(c1ccc(F)cc1)S(=O)(=O)c1ccc(C)cc1)c1ccc(Br)cc1. The van der Waals surface area contributed by atoms with E-state index in [0.717, 1.165) is 32.0 Å². The van der Waals surface area contributed by atoms with E-state index in [2.05, 4.69) is 26.5 Å². The number of hydrogen-bond acceptors (Lipinski definition) is 4. The Morgan fingerprint density at radius 3 is 2.19 bits per heavy atom. The molecule has 3 aromatic carbocycles. The highest BCUT2D eigenvalue weighted by atomic mass is 79.9. The second-order valence-electron chi connectivity index (χ2n) is 7.04. The summed E-state index contributed by atoms with van der Waals surface area (Å²) in [5.41, 5.74) is 4.81. The number of hydrazone groups is 1. The van der Waals surface area contributed by atoms with Gasteiger partial charge in [0, 0.05) is 4.47 Å². The van der Waals surface area contributed by atoms with E-state index in [9.17, 15) is 17.6 Å². The third kappa shape index (κ3) is 5.80. The second-order valence-corrected chi connectivity index (χ2v) is 9.82. The maximum absolute atomic E-state index is 13.4. The zero-order chi connectivity index (χ0) is 23.3. The molecule has 6 nitrogen and oxygen atoms in total. The first-order chi connectivity index (χ1) is 15.2. The Kier molecular flexibility index (Phi) is 7.42. The third-order valence-corrected chi connectivity index (χ3v) is 6.94. The van der Waals surface area contributed by atoms with Gasteiger partial charge in [0.05, 0.1) is 16.3 Å². The van der Waals surface area contributed by atoms with Gasteiger partial charge >= 0.3 is 0 Å². The summed E-state index contributed by atoms with van der Waals surface area (Å²) in [5, 5.41) is 4.07. The van der Waals surface area contributed by atoms with Crippen molar-refractivity contribution in [2.45, 2.75) is 18.7 Å². The second kappa shape index (κ2) is 10.1. The third-order valence-electron chi connectivity index (χ3n) is 4.62. The number of sulfonamides is 1. The zero-order valence-corrected chi connectivity index (χ0v) is 19.8. The number of carbonyl (C=O) groups is 1. The van der Waals surface area contributed by atoms with Crippen LogP contribution in [0.3, 0.4) is 0 Å². The molecular weight excluding hydrogens is 497 g/mol. The smallest absolute Gasteiger partial charge is 0.264 e. The minimum atomic E-state index is -4.08. The number of amides is 1. The van der Waals surface area contributed by atoms with Crippen molar-refractivity contribution in [3.05, 3.63) is 94.2 Å². The van der Waals surface area contributed by atoms with Gasteiger partial charge in [-0.15, -0.1) is 0 Å². The van der Waals surface area contributed by atoms with Crippen LogP contribution in [0.1, 0.15) is 18.1 Å². The molecule has 1 amide bonds. The molecule has 3 rings (SSSR count). The van der Waals surface area contributed by atoms with Gasteiger partial charge in [-0.05, 0) is 67.9 Å². The molecule has 0 saturated heterocycles. The zero-order valence-electron chi connectivity index (χ0n) is 17.4. The normalized spacial score (nSPS) is 11.8. The van der Waals surface area contributed by atoms with Gasteiger partial charge in [-0.1, -0.05) is 45.8 Å². The number of halogens is 2. The Morgan fingerprint density at radius 2 is 1.59 bits per heavy atom. The lowest BCUT2D eigenvalue weighted by atomic mass is 10.1. The molecule has 0 bridgehead atoms. The van der Waals surface area contributed by atoms with Gasteiger partial charge in [0.25, 0.3) is 15.9 Å². The predicted octanol–water partition coefficient (Wildman–Crippen LogP) is 4.63. The highest BCUT2D eigenvalue weighted by Crippen LogP contribution is 2.24. The van der Waals surface area contributed by atoms with E-state index in [1.807, 2.05) is 31.2 Å². The lowest BCUT2D eigenvalue weighted by molar-refractivity contribution is -0.119. The summed E-state index contributed by atoms with van der Waals surface area (Å²) in [6, 6.07) is 18.5. The van der Waals surface area contributed by atoms with Gasteiger partial charge in [-0.3, -0.25) is 9.10 Å². The summed E-state index contributed by atoms with van der Waals surface area (Å²) in [4.78, 5) is 12.6. The van der Waals surface area contributed by atoms with Crippen LogP contribution >= 0.6 is 15.9 Å². The lowest BCUT2D eigenvalue weighted by Gasteiger charge is -2.23. The van der Waals surface area contributed by atoms with Crippen LogP contribution < -0.4 is 9.73 Å². The molecule has 0 atom stereocenters. The van der Waals surface area contributed by atoms with Crippen LogP contribution in [-0.2, 0) is 14.8 Å². The molecule has 0 aliphatic heterocycles. The van der Waals surface area contributed by atoms with Crippen molar-refractivity contribution < 1.29 is 17.6 Å². The molecular formula is C23H21BrFN3O3S. The first kappa shape index (κ1) is 23.6. The maximum atomic E-state index is 13.4. The minimum absolute atomic E-state index is 0.0229. The Labute approximate surface area is 195 Å². The Hall–Kier alpha value is -3.04. The number of anilines is 1. The molecule has 0 spiro atoms. The number of carbonyl (C=O) groups excluding carboxylic acids is 1. The molecule has 0 fully saturated rings. The van der Waals surface area contributed by atoms with Crippen molar-refractivity contribution in [1.29, 1.82) is 0 Å². The van der Waals surface area contributed by atoms with Crippen molar-refractivity contribution in [3.8, 4) is 0 Å². The highest BCUT2D eigenvalue weighted by molar-refractivity contribution is 9.10. The van der Waals surface area contributed by atoms with Gasteiger partial charge in [0.1, 0.15) is 12.4 Å². The van der Waals surface area contributed by atoms with Crippen LogP contribution in [0.15, 0.2) is 87.3 Å². The highest BCUT2D eigenvalue weighted by Gasteiger charge is 2.27. The monoisotopic (exact) mass is 517 g/mol. The Morgan fingerprint density at radius 1 is 1.00 bits per heavy atom. The van der Waals surface area contributed by atoms with E-state index < -0.39 is 28.3 Å². The molecule has 166 valence electrons. The van der Waals surface area contributed by atoms with Gasteiger partial charge < -0.3 is 0 Å². The van der Waals surface area contributed by atoms with Crippen LogP contribution in [-0.4, -0.2) is 26.6 Å². The van der Waals surface area contributed by atoms with E-state index >= 15 is 0 Å². The topological polar surface area (TPSA) is 78.8 Å². The molecule has 3 aromatic rings. The fourth-order valence-electron chi connectivity index (χ4n) is 2.83. The van der Waals surface area contributed by atoms with Crippen LogP contribution in [0, 0.1) is 12.7 Å². The molecule has 0 aliphatic carbocycles. The summed E-state index contributed by atoms with van der Waals surface area (Å²) in [5.74, 6) is -1.15. The van der Waals surface area contributed by atoms with Crippen LogP contribution in [0.5, 0.6) is 0 Å². The Balaban J connectivity index is 1.86. The maximum Gasteiger partial charge on any atom is 0.264 e. The molecule has 0 radical (unpaired) electrons. The molecule has 0 heterocycles. The van der Waals surface area contributed by atoms with Crippen LogP contribution in [0.2, 0.25) is 0 Å². The van der Waals surface area contributed by atoms with Crippen molar-refractivity contribution in [2.24, 2.45) is 5.10 Å². The van der Waals surface area contributed by atoms with Gasteiger partial charge in [0.15, 0.2) is 0 Å². The molecule has 1 N–H and O–H groups in total. The number of rotatable bonds is 7. The van der Waals surface area contributed by atoms with Crippen molar-refractivity contribution in [1.82, 2.24) is 5.43 Å². The van der Waals surface area contributed by atoms with E-state index in [4.69, 9.17) is 0 Å². The standard InChI is InChI=1S/C23H21BrFN3O3S/c1-16-3-13-22(14-4-16)32(30,31)28(21-11-9-20(25)10-12-21)15-23(29)27-26-17(2)18-5-7-19(24)8-6-18/h3-14H,15H2,1-2H3,(H,27,29)/b26-17-. The molecule has 0 aliphatic rings. The number of nitrogens with zero attached hydrogens (tertiary/aromatic N) is 2. The molecule has 0 saturated carbocycles. The first-order valence-corrected chi connectivity index (χ1v) is 11.8. The first-order valence-electron chi connectivity index (χ1n) is 9.61. The molecule has 32 heavy (non-hydrogen) atoms. The largest absolute Gasteiger partial charge is 0.271 e. The van der Waals surface area contributed by atoms with E-state index in [0.29, 0.717) is 5.71 Å². The number of hydrogen-bond donors (Lipinski definition) is 1. The molecule has 0 unspecified atom stereocenters. The van der Waals surface area contributed by atoms with Gasteiger partial charge in [0.2, 0.25) is 0 Å². The number of aryl methyl sites for hydroxylation is 1. The number of nitrogens with one attached hydrogen (secondary N) is 1. The average Bonchev–Trinajstić information content (AvgIpc) is 2.77. The minimum Gasteiger partial charge on any atom is -0.271 e. The van der Waals surface area contributed by atoms with Crippen LogP contribution in [0.25, 0.3) is 0 Å². The quantitative estimate of drug-likeness (QED) is 0.366. The average molecular weight is 518 g/mol. The van der Waals surface area contributed by atoms with Gasteiger partial charge in [-0.25, -0.2) is 18.2 Å². The summed E-state index contributed by atoms with van der Waals surface area (Å²) in [6.07, 6.45) is 0. The van der Waals surface area contributed by atoms with Crippen molar-refractivity contribution >= 4 is 43.3 Å². The molecule has 0 aromatic heterocycles. The summed E-state index contributed by atoms with van der Waals surface area (Å²) >= 11 is 3.36. The van der Waals surface area contributed by atoms with Crippen LogP contribution in [0.4, 0.5) is 10.1 Å². The van der Waals surface area contributed by atoms with E-state index in [1.54, 1.807) is 19.1 Å². The predicted molar refractivity (Wildman–Crippen MR) is 127 cm³/mol. The Bertz CT molecular complexity index is 1230.